The molecule has 2 atom stereocenters. The van der Waals surface area contributed by atoms with Crippen molar-refractivity contribution in [2.45, 2.75) is 26.0 Å². The van der Waals surface area contributed by atoms with Gasteiger partial charge in [0.1, 0.15) is 11.9 Å². The lowest BCUT2D eigenvalue weighted by Gasteiger charge is -2.24. The van der Waals surface area contributed by atoms with Crippen LogP contribution in [0.4, 0.5) is 5.69 Å². The van der Waals surface area contributed by atoms with Crippen LogP contribution in [-0.4, -0.2) is 20.1 Å². The smallest absolute Gasteiger partial charge is 0.138 e. The van der Waals surface area contributed by atoms with Crippen LogP contribution < -0.4 is 15.4 Å². The van der Waals surface area contributed by atoms with Crippen molar-refractivity contribution < 1.29 is 4.74 Å². The number of nitrogens with zero attached hydrogens (tertiary/aromatic N) is 1. The van der Waals surface area contributed by atoms with Crippen molar-refractivity contribution in [3.8, 4) is 5.75 Å². The van der Waals surface area contributed by atoms with Crippen molar-refractivity contribution in [3.05, 3.63) is 59.7 Å². The zero-order valence-electron chi connectivity index (χ0n) is 13.2. The van der Waals surface area contributed by atoms with E-state index in [0.717, 1.165) is 17.0 Å². The predicted molar refractivity (Wildman–Crippen MR) is 89.0 cm³/mol. The maximum absolute atomic E-state index is 6.16. The number of nitrogens with two attached hydrogens (primary N) is 1. The van der Waals surface area contributed by atoms with Gasteiger partial charge in [-0.15, -0.1) is 0 Å². The minimum absolute atomic E-state index is 0.0881. The second-order valence-corrected chi connectivity index (χ2v) is 5.70. The third kappa shape index (κ3) is 3.99. The molecule has 112 valence electrons. The number of rotatable bonds is 5. The summed E-state index contributed by atoms with van der Waals surface area (Å²) in [5.74, 6) is 0.838. The van der Waals surface area contributed by atoms with Crippen molar-refractivity contribution in [2.75, 3.05) is 19.0 Å². The quantitative estimate of drug-likeness (QED) is 0.913. The summed E-state index contributed by atoms with van der Waals surface area (Å²) in [7, 11) is 4.03. The third-order valence-electron chi connectivity index (χ3n) is 3.45. The van der Waals surface area contributed by atoms with Crippen LogP contribution in [0, 0.1) is 6.92 Å². The average molecular weight is 284 g/mol. The fourth-order valence-electron chi connectivity index (χ4n) is 2.31. The van der Waals surface area contributed by atoms with Gasteiger partial charge in [0.25, 0.3) is 0 Å². The fraction of sp³-hybridized carbons (Fsp3) is 0.333. The van der Waals surface area contributed by atoms with Crippen LogP contribution in [0.1, 0.15) is 24.2 Å². The molecule has 0 radical (unpaired) electrons. The Balaban J connectivity index is 2.26. The molecule has 0 amide bonds. The molecule has 2 aromatic carbocycles. The molecule has 2 N–H and O–H groups in total. The highest BCUT2D eigenvalue weighted by Crippen LogP contribution is 2.27. The number of ether oxygens (including phenoxy) is 1. The minimum atomic E-state index is -0.151. The monoisotopic (exact) mass is 284 g/mol. The zero-order valence-corrected chi connectivity index (χ0v) is 13.2. The van der Waals surface area contributed by atoms with Gasteiger partial charge in [-0.2, -0.15) is 0 Å². The van der Waals surface area contributed by atoms with Gasteiger partial charge in [-0.05, 0) is 31.5 Å². The van der Waals surface area contributed by atoms with E-state index in [1.807, 2.05) is 45.3 Å². The Morgan fingerprint density at radius 1 is 1.05 bits per heavy atom. The summed E-state index contributed by atoms with van der Waals surface area (Å²) in [4.78, 5) is 2.06. The van der Waals surface area contributed by atoms with Crippen LogP contribution in [0.25, 0.3) is 0 Å². The van der Waals surface area contributed by atoms with Gasteiger partial charge in [0.15, 0.2) is 0 Å². The first-order valence-corrected chi connectivity index (χ1v) is 7.23. The second kappa shape index (κ2) is 6.64. The van der Waals surface area contributed by atoms with E-state index in [0.29, 0.717) is 0 Å². The molecule has 0 aliphatic rings. The second-order valence-electron chi connectivity index (χ2n) is 5.70. The average Bonchev–Trinajstić information content (AvgIpc) is 2.44. The summed E-state index contributed by atoms with van der Waals surface area (Å²) >= 11 is 0. The first kappa shape index (κ1) is 15.4. The lowest BCUT2D eigenvalue weighted by Crippen LogP contribution is -2.29. The molecule has 2 aromatic rings. The Kier molecular flexibility index (Phi) is 4.86. The summed E-state index contributed by atoms with van der Waals surface area (Å²) in [5.41, 5.74) is 9.56. The molecular formula is C18H24N2O. The molecule has 0 saturated heterocycles. The van der Waals surface area contributed by atoms with E-state index in [2.05, 4.69) is 36.1 Å². The van der Waals surface area contributed by atoms with Crippen molar-refractivity contribution >= 4 is 5.69 Å². The number of aryl methyl sites for hydroxylation is 1. The van der Waals surface area contributed by atoms with Gasteiger partial charge in [0, 0.05) is 31.9 Å². The lowest BCUT2D eigenvalue weighted by atomic mass is 10.0. The zero-order chi connectivity index (χ0) is 15.4. The summed E-state index contributed by atoms with van der Waals surface area (Å²) < 4.78 is 6.16. The van der Waals surface area contributed by atoms with E-state index < -0.39 is 0 Å². The molecule has 3 nitrogen and oxygen atoms in total. The summed E-state index contributed by atoms with van der Waals surface area (Å²) in [6, 6.07) is 16.3. The molecule has 0 spiro atoms. The maximum atomic E-state index is 6.16. The SMILES string of the molecule is Cc1cccc(C(Oc2cccc(N(C)C)c2)C(C)N)c1. The summed E-state index contributed by atoms with van der Waals surface area (Å²) in [6.45, 7) is 4.05. The first-order chi connectivity index (χ1) is 9.97. The van der Waals surface area contributed by atoms with Crippen molar-refractivity contribution in [1.29, 1.82) is 0 Å². The standard InChI is InChI=1S/C18H24N2O/c1-13-7-5-8-15(11-13)18(14(2)19)21-17-10-6-9-16(12-17)20(3)4/h5-12,14,18H,19H2,1-4H3. The normalized spacial score (nSPS) is 13.6. The molecule has 0 aromatic heterocycles. The lowest BCUT2D eigenvalue weighted by molar-refractivity contribution is 0.180. The highest BCUT2D eigenvalue weighted by molar-refractivity contribution is 5.49. The van der Waals surface area contributed by atoms with E-state index >= 15 is 0 Å². The molecule has 0 heterocycles. The maximum Gasteiger partial charge on any atom is 0.138 e. The molecule has 0 fully saturated rings. The first-order valence-electron chi connectivity index (χ1n) is 7.23. The van der Waals surface area contributed by atoms with Crippen molar-refractivity contribution in [3.63, 3.8) is 0 Å². The predicted octanol–water partition coefficient (Wildman–Crippen LogP) is 3.53. The van der Waals surface area contributed by atoms with Crippen LogP contribution in [0.5, 0.6) is 5.75 Å². The van der Waals surface area contributed by atoms with Crippen LogP contribution in [0.2, 0.25) is 0 Å². The minimum Gasteiger partial charge on any atom is -0.484 e. The largest absolute Gasteiger partial charge is 0.484 e. The van der Waals surface area contributed by atoms with Crippen LogP contribution >= 0.6 is 0 Å². The molecule has 21 heavy (non-hydrogen) atoms. The molecular weight excluding hydrogens is 260 g/mol. The Hall–Kier alpha value is -2.00. The van der Waals surface area contributed by atoms with Gasteiger partial charge in [-0.1, -0.05) is 35.9 Å². The Morgan fingerprint density at radius 3 is 2.38 bits per heavy atom. The molecule has 0 aliphatic carbocycles. The highest BCUT2D eigenvalue weighted by Gasteiger charge is 2.18. The Labute approximate surface area is 127 Å². The molecule has 2 unspecified atom stereocenters. The number of hydrogen-bond donors (Lipinski definition) is 1. The van der Waals surface area contributed by atoms with Gasteiger partial charge in [-0.25, -0.2) is 0 Å². The number of hydrogen-bond acceptors (Lipinski definition) is 3. The Morgan fingerprint density at radius 2 is 1.76 bits per heavy atom. The van der Waals surface area contributed by atoms with E-state index in [1.165, 1.54) is 5.56 Å². The van der Waals surface area contributed by atoms with Crippen LogP contribution in [-0.2, 0) is 0 Å². The van der Waals surface area contributed by atoms with E-state index in [1.54, 1.807) is 0 Å². The number of benzene rings is 2. The van der Waals surface area contributed by atoms with Gasteiger partial charge in [-0.3, -0.25) is 0 Å². The fourth-order valence-corrected chi connectivity index (χ4v) is 2.31. The Bertz CT molecular complexity index is 593. The molecule has 0 aliphatic heterocycles. The summed E-state index contributed by atoms with van der Waals surface area (Å²) in [5, 5.41) is 0. The van der Waals surface area contributed by atoms with Gasteiger partial charge in [0.2, 0.25) is 0 Å². The molecule has 3 heteroatoms. The highest BCUT2D eigenvalue weighted by atomic mass is 16.5. The molecule has 2 rings (SSSR count). The van der Waals surface area contributed by atoms with Gasteiger partial charge < -0.3 is 15.4 Å². The van der Waals surface area contributed by atoms with E-state index in [-0.39, 0.29) is 12.1 Å². The van der Waals surface area contributed by atoms with Gasteiger partial charge in [0.05, 0.1) is 0 Å². The molecule has 0 bridgehead atoms. The van der Waals surface area contributed by atoms with E-state index in [4.69, 9.17) is 10.5 Å². The summed E-state index contributed by atoms with van der Waals surface area (Å²) in [6.07, 6.45) is -0.151. The number of anilines is 1. The van der Waals surface area contributed by atoms with Crippen molar-refractivity contribution in [2.24, 2.45) is 5.73 Å². The van der Waals surface area contributed by atoms with Gasteiger partial charge >= 0.3 is 0 Å². The topological polar surface area (TPSA) is 38.5 Å². The van der Waals surface area contributed by atoms with E-state index in [9.17, 15) is 0 Å². The van der Waals surface area contributed by atoms with Crippen LogP contribution in [0.3, 0.4) is 0 Å². The third-order valence-corrected chi connectivity index (χ3v) is 3.45. The van der Waals surface area contributed by atoms with Crippen LogP contribution in [0.15, 0.2) is 48.5 Å². The van der Waals surface area contributed by atoms with Crippen molar-refractivity contribution in [1.82, 2.24) is 0 Å². The molecule has 0 saturated carbocycles.